The molecule has 2 rings (SSSR count). The first-order valence-electron chi connectivity index (χ1n) is 6.35. The van der Waals surface area contributed by atoms with E-state index in [1.54, 1.807) is 24.3 Å². The lowest BCUT2D eigenvalue weighted by Gasteiger charge is -2.17. The van der Waals surface area contributed by atoms with Crippen molar-refractivity contribution >= 4 is 0 Å². The Morgan fingerprint density at radius 3 is 2.40 bits per heavy atom. The van der Waals surface area contributed by atoms with Crippen molar-refractivity contribution in [3.63, 3.8) is 0 Å². The molecule has 1 saturated carbocycles. The van der Waals surface area contributed by atoms with Crippen LogP contribution in [0.15, 0.2) is 24.3 Å². The Labute approximate surface area is 115 Å². The molecule has 1 aromatic rings. The Hall–Kier alpha value is -1.31. The van der Waals surface area contributed by atoms with Gasteiger partial charge in [-0.25, -0.2) is 0 Å². The number of benzene rings is 1. The van der Waals surface area contributed by atoms with E-state index in [2.05, 4.69) is 10.2 Å². The molecule has 112 valence electrons. The first-order valence-corrected chi connectivity index (χ1v) is 6.35. The molecule has 3 N–H and O–H groups in total. The zero-order chi connectivity index (χ0) is 14.6. The van der Waals surface area contributed by atoms with Crippen LogP contribution in [0.5, 0.6) is 5.75 Å². The molecule has 0 heterocycles. The molecule has 1 fully saturated rings. The fourth-order valence-electron chi connectivity index (χ4n) is 1.69. The topological polar surface area (TPSA) is 56.5 Å². The van der Waals surface area contributed by atoms with Crippen molar-refractivity contribution < 1.29 is 22.6 Å². The van der Waals surface area contributed by atoms with Crippen LogP contribution in [-0.2, 0) is 4.74 Å². The third kappa shape index (κ3) is 4.99. The normalized spacial score (nSPS) is 17.0. The van der Waals surface area contributed by atoms with Crippen LogP contribution in [0.2, 0.25) is 0 Å². The molecule has 0 aromatic heterocycles. The second kappa shape index (κ2) is 6.43. The summed E-state index contributed by atoms with van der Waals surface area (Å²) < 4.78 is 46.2. The van der Waals surface area contributed by atoms with E-state index in [0.29, 0.717) is 6.10 Å². The molecule has 1 aliphatic carbocycles. The average Bonchev–Trinajstić information content (AvgIpc) is 3.19. The van der Waals surface area contributed by atoms with E-state index in [9.17, 15) is 13.2 Å². The highest BCUT2D eigenvalue weighted by Crippen LogP contribution is 2.27. The lowest BCUT2D eigenvalue weighted by molar-refractivity contribution is -0.175. The molecule has 0 saturated heterocycles. The number of nitrogens with two attached hydrogens (primary N) is 1. The Morgan fingerprint density at radius 1 is 1.25 bits per heavy atom. The average molecular weight is 290 g/mol. The molecule has 0 bridgehead atoms. The summed E-state index contributed by atoms with van der Waals surface area (Å²) in [4.78, 5) is 0. The largest absolute Gasteiger partial charge is 0.490 e. The fraction of sp³-hybridized carbons (Fsp3) is 0.538. The number of hydrogen-bond acceptors (Lipinski definition) is 4. The van der Waals surface area contributed by atoms with E-state index in [0.717, 1.165) is 24.2 Å². The van der Waals surface area contributed by atoms with Crippen molar-refractivity contribution in [2.45, 2.75) is 31.2 Å². The van der Waals surface area contributed by atoms with Crippen LogP contribution in [0.3, 0.4) is 0 Å². The number of hydrogen-bond donors (Lipinski definition) is 2. The number of rotatable bonds is 7. The van der Waals surface area contributed by atoms with Gasteiger partial charge in [0.2, 0.25) is 0 Å². The number of hydrazine groups is 1. The van der Waals surface area contributed by atoms with E-state index in [-0.39, 0.29) is 6.61 Å². The van der Waals surface area contributed by atoms with E-state index < -0.39 is 18.8 Å². The molecule has 20 heavy (non-hydrogen) atoms. The van der Waals surface area contributed by atoms with Gasteiger partial charge in [-0.1, -0.05) is 12.1 Å². The third-order valence-electron chi connectivity index (χ3n) is 2.86. The first kappa shape index (κ1) is 15.1. The summed E-state index contributed by atoms with van der Waals surface area (Å²) in [5.74, 6) is 6.09. The van der Waals surface area contributed by atoms with Gasteiger partial charge in [-0.05, 0) is 30.5 Å². The molecule has 0 aliphatic heterocycles. The quantitative estimate of drug-likeness (QED) is 0.597. The number of nitrogens with one attached hydrogen (secondary N) is 1. The predicted molar refractivity (Wildman–Crippen MR) is 67.0 cm³/mol. The summed E-state index contributed by atoms with van der Waals surface area (Å²) in [5.41, 5.74) is 3.19. The maximum atomic E-state index is 12.0. The SMILES string of the molecule is NNC(COCC(F)(F)F)c1ccc(OC2CC2)cc1. The highest BCUT2D eigenvalue weighted by molar-refractivity contribution is 5.29. The monoisotopic (exact) mass is 290 g/mol. The molecule has 0 amide bonds. The molecule has 1 aliphatic rings. The van der Waals surface area contributed by atoms with Crippen molar-refractivity contribution in [3.8, 4) is 5.75 Å². The van der Waals surface area contributed by atoms with Crippen LogP contribution in [0.1, 0.15) is 24.4 Å². The summed E-state index contributed by atoms with van der Waals surface area (Å²) in [6, 6.07) is 6.59. The van der Waals surface area contributed by atoms with Gasteiger partial charge in [0.05, 0.1) is 18.8 Å². The highest BCUT2D eigenvalue weighted by Gasteiger charge is 2.28. The van der Waals surface area contributed by atoms with Crippen LogP contribution in [-0.4, -0.2) is 25.5 Å². The molecular formula is C13H17F3N2O2. The Kier molecular flexibility index (Phi) is 4.85. The molecule has 0 radical (unpaired) electrons. The predicted octanol–water partition coefficient (Wildman–Crippen LogP) is 2.31. The number of ether oxygens (including phenoxy) is 2. The zero-order valence-electron chi connectivity index (χ0n) is 10.8. The summed E-state index contributed by atoms with van der Waals surface area (Å²) in [6.07, 6.45) is -1.89. The number of alkyl halides is 3. The van der Waals surface area contributed by atoms with E-state index >= 15 is 0 Å². The third-order valence-corrected chi connectivity index (χ3v) is 2.86. The highest BCUT2D eigenvalue weighted by atomic mass is 19.4. The fourth-order valence-corrected chi connectivity index (χ4v) is 1.69. The van der Waals surface area contributed by atoms with Gasteiger partial charge in [0, 0.05) is 0 Å². The summed E-state index contributed by atoms with van der Waals surface area (Å²) in [6.45, 7) is -1.44. The van der Waals surface area contributed by atoms with Crippen molar-refractivity contribution in [1.29, 1.82) is 0 Å². The molecule has 1 unspecified atom stereocenters. The maximum Gasteiger partial charge on any atom is 0.411 e. The van der Waals surface area contributed by atoms with Crippen LogP contribution in [0.4, 0.5) is 13.2 Å². The maximum absolute atomic E-state index is 12.0. The molecule has 1 atom stereocenters. The van der Waals surface area contributed by atoms with Crippen LogP contribution in [0.25, 0.3) is 0 Å². The second-order valence-corrected chi connectivity index (χ2v) is 4.74. The lowest BCUT2D eigenvalue weighted by atomic mass is 10.1. The Morgan fingerprint density at radius 2 is 1.90 bits per heavy atom. The van der Waals surface area contributed by atoms with Crippen molar-refractivity contribution in [2.75, 3.05) is 13.2 Å². The minimum atomic E-state index is -4.33. The molecule has 1 aromatic carbocycles. The van der Waals surface area contributed by atoms with Gasteiger partial charge in [-0.15, -0.1) is 0 Å². The van der Waals surface area contributed by atoms with Gasteiger partial charge >= 0.3 is 6.18 Å². The summed E-state index contributed by atoms with van der Waals surface area (Å²) in [5, 5.41) is 0. The van der Waals surface area contributed by atoms with Crippen LogP contribution >= 0.6 is 0 Å². The van der Waals surface area contributed by atoms with Gasteiger partial charge in [0.1, 0.15) is 12.4 Å². The van der Waals surface area contributed by atoms with Gasteiger partial charge in [0.15, 0.2) is 0 Å². The van der Waals surface area contributed by atoms with Gasteiger partial charge < -0.3 is 9.47 Å². The smallest absolute Gasteiger partial charge is 0.411 e. The van der Waals surface area contributed by atoms with Crippen molar-refractivity contribution in [3.05, 3.63) is 29.8 Å². The standard InChI is InChI=1S/C13H17F3N2O2/c14-13(15,16)8-19-7-12(18-17)9-1-3-10(4-2-9)20-11-5-6-11/h1-4,11-12,18H,5-8,17H2. The van der Waals surface area contributed by atoms with E-state index in [1.165, 1.54) is 0 Å². The van der Waals surface area contributed by atoms with Gasteiger partial charge in [-0.3, -0.25) is 11.3 Å². The molecule has 0 spiro atoms. The molecule has 7 heteroatoms. The summed E-state index contributed by atoms with van der Waals surface area (Å²) >= 11 is 0. The van der Waals surface area contributed by atoms with Gasteiger partial charge in [0.25, 0.3) is 0 Å². The van der Waals surface area contributed by atoms with Crippen LogP contribution in [0, 0.1) is 0 Å². The van der Waals surface area contributed by atoms with E-state index in [1.807, 2.05) is 0 Å². The lowest BCUT2D eigenvalue weighted by Crippen LogP contribution is -2.32. The van der Waals surface area contributed by atoms with Crippen molar-refractivity contribution in [2.24, 2.45) is 5.84 Å². The first-order chi connectivity index (χ1) is 9.48. The van der Waals surface area contributed by atoms with Crippen molar-refractivity contribution in [1.82, 2.24) is 5.43 Å². The second-order valence-electron chi connectivity index (χ2n) is 4.74. The van der Waals surface area contributed by atoms with Gasteiger partial charge in [-0.2, -0.15) is 13.2 Å². The Bertz CT molecular complexity index is 419. The zero-order valence-corrected chi connectivity index (χ0v) is 10.8. The summed E-state index contributed by atoms with van der Waals surface area (Å²) in [7, 11) is 0. The molecule has 4 nitrogen and oxygen atoms in total. The van der Waals surface area contributed by atoms with E-state index in [4.69, 9.17) is 10.6 Å². The minimum Gasteiger partial charge on any atom is -0.490 e. The Balaban J connectivity index is 1.86. The van der Waals surface area contributed by atoms with Crippen LogP contribution < -0.4 is 16.0 Å². The molecular weight excluding hydrogens is 273 g/mol. The number of halogens is 3. The minimum absolute atomic E-state index is 0.154.